The lowest BCUT2D eigenvalue weighted by atomic mass is 10.2. The molecular weight excluding hydrogens is 362 g/mol. The van der Waals surface area contributed by atoms with Gasteiger partial charge in [0.2, 0.25) is 0 Å². The van der Waals surface area contributed by atoms with Gasteiger partial charge in [-0.05, 0) is 28.4 Å². The first-order valence-corrected chi connectivity index (χ1v) is 8.40. The van der Waals surface area contributed by atoms with E-state index in [1.807, 2.05) is 25.1 Å². The monoisotopic (exact) mass is 383 g/mol. The van der Waals surface area contributed by atoms with Crippen LogP contribution in [-0.2, 0) is 27.4 Å². The van der Waals surface area contributed by atoms with Crippen molar-refractivity contribution in [3.8, 4) is 0 Å². The third-order valence-corrected chi connectivity index (χ3v) is 3.41. The number of aromatic nitrogens is 3. The van der Waals surface area contributed by atoms with Crippen LogP contribution in [0.4, 0.5) is 0 Å². The number of hydrogen-bond acceptors (Lipinski definition) is 5. The topological polar surface area (TPSA) is 58.4 Å². The smallest absolute Gasteiger partial charge is 0.148 e. The summed E-state index contributed by atoms with van der Waals surface area (Å²) in [7, 11) is 0. The van der Waals surface area contributed by atoms with Crippen molar-refractivity contribution >= 4 is 15.9 Å². The summed E-state index contributed by atoms with van der Waals surface area (Å²) in [5, 5.41) is 8.16. The molecule has 0 spiro atoms. The van der Waals surface area contributed by atoms with Crippen molar-refractivity contribution in [1.29, 1.82) is 0 Å². The number of ether oxygens (including phenoxy) is 3. The molecule has 0 bridgehead atoms. The Labute approximate surface area is 144 Å². The number of nitrogens with zero attached hydrogens (tertiary/aromatic N) is 3. The van der Waals surface area contributed by atoms with Gasteiger partial charge < -0.3 is 14.2 Å². The molecule has 1 aromatic heterocycles. The first-order valence-electron chi connectivity index (χ1n) is 7.60. The van der Waals surface area contributed by atoms with Crippen molar-refractivity contribution < 1.29 is 14.2 Å². The second kappa shape index (κ2) is 10.5. The highest BCUT2D eigenvalue weighted by Gasteiger charge is 2.03. The number of halogens is 1. The van der Waals surface area contributed by atoms with Crippen molar-refractivity contribution in [3.63, 3.8) is 0 Å². The summed E-state index contributed by atoms with van der Waals surface area (Å²) in [4.78, 5) is 1.59. The van der Waals surface area contributed by atoms with Crippen LogP contribution in [0.25, 0.3) is 0 Å². The zero-order chi connectivity index (χ0) is 16.3. The second-order valence-electron chi connectivity index (χ2n) is 5.06. The van der Waals surface area contributed by atoms with Gasteiger partial charge in [-0.25, -0.2) is 0 Å². The molecule has 0 unspecified atom stereocenters. The Morgan fingerprint density at radius 3 is 2.65 bits per heavy atom. The van der Waals surface area contributed by atoms with Gasteiger partial charge in [0.15, 0.2) is 0 Å². The second-order valence-corrected chi connectivity index (χ2v) is 5.87. The van der Waals surface area contributed by atoms with Crippen molar-refractivity contribution in [2.24, 2.45) is 0 Å². The van der Waals surface area contributed by atoms with E-state index in [4.69, 9.17) is 14.2 Å². The van der Waals surface area contributed by atoms with Crippen molar-refractivity contribution in [1.82, 2.24) is 15.0 Å². The Morgan fingerprint density at radius 1 is 1.13 bits per heavy atom. The molecule has 1 atom stereocenters. The van der Waals surface area contributed by atoms with Crippen LogP contribution in [0.3, 0.4) is 0 Å². The summed E-state index contributed by atoms with van der Waals surface area (Å²) in [6, 6.07) is 10.1. The average Bonchev–Trinajstić information content (AvgIpc) is 2.98. The van der Waals surface area contributed by atoms with E-state index in [0.717, 1.165) is 4.60 Å². The Kier molecular flexibility index (Phi) is 8.24. The van der Waals surface area contributed by atoms with Crippen LogP contribution >= 0.6 is 15.9 Å². The third-order valence-electron chi connectivity index (χ3n) is 3.05. The van der Waals surface area contributed by atoms with Gasteiger partial charge in [0.25, 0.3) is 0 Å². The summed E-state index contributed by atoms with van der Waals surface area (Å²) >= 11 is 3.25. The molecule has 1 heterocycles. The van der Waals surface area contributed by atoms with E-state index >= 15 is 0 Å². The zero-order valence-electron chi connectivity index (χ0n) is 13.2. The van der Waals surface area contributed by atoms with Gasteiger partial charge in [0.05, 0.1) is 51.9 Å². The summed E-state index contributed by atoms with van der Waals surface area (Å²) in [6.07, 6.45) is 1.71. The number of benzene rings is 1. The molecular formula is C16H22BrN3O3. The maximum Gasteiger partial charge on any atom is 0.148 e. The normalized spacial score (nSPS) is 12.4. The van der Waals surface area contributed by atoms with Crippen LogP contribution in [0.5, 0.6) is 0 Å². The molecule has 1 aromatic carbocycles. The van der Waals surface area contributed by atoms with Gasteiger partial charge in [-0.3, -0.25) is 0 Å². The van der Waals surface area contributed by atoms with E-state index < -0.39 is 0 Å². The molecule has 0 aliphatic carbocycles. The van der Waals surface area contributed by atoms with Crippen LogP contribution in [-0.4, -0.2) is 47.5 Å². The van der Waals surface area contributed by atoms with E-state index in [1.165, 1.54) is 5.56 Å². The number of hydrogen-bond donors (Lipinski definition) is 0. The molecule has 6 nitrogen and oxygen atoms in total. The molecule has 0 aliphatic rings. The van der Waals surface area contributed by atoms with Gasteiger partial charge in [-0.1, -0.05) is 30.3 Å². The lowest BCUT2D eigenvalue weighted by Gasteiger charge is -2.13. The Morgan fingerprint density at radius 2 is 1.91 bits per heavy atom. The predicted molar refractivity (Wildman–Crippen MR) is 90.1 cm³/mol. The van der Waals surface area contributed by atoms with Gasteiger partial charge in [-0.15, -0.1) is 5.10 Å². The maximum atomic E-state index is 5.73. The largest absolute Gasteiger partial charge is 0.377 e. The molecule has 0 saturated carbocycles. The minimum atomic E-state index is 0.0563. The van der Waals surface area contributed by atoms with Gasteiger partial charge in [0, 0.05) is 0 Å². The minimum absolute atomic E-state index is 0.0563. The molecule has 0 radical (unpaired) electrons. The lowest BCUT2D eigenvalue weighted by molar-refractivity contribution is -0.0303. The van der Waals surface area contributed by atoms with Crippen molar-refractivity contribution in [3.05, 3.63) is 46.7 Å². The highest BCUT2D eigenvalue weighted by molar-refractivity contribution is 9.10. The van der Waals surface area contributed by atoms with Crippen molar-refractivity contribution in [2.75, 3.05) is 26.4 Å². The van der Waals surface area contributed by atoms with Crippen LogP contribution in [0.2, 0.25) is 0 Å². The fourth-order valence-corrected chi connectivity index (χ4v) is 2.13. The molecule has 23 heavy (non-hydrogen) atoms. The van der Waals surface area contributed by atoms with Crippen LogP contribution in [0.1, 0.15) is 12.5 Å². The molecule has 2 rings (SSSR count). The van der Waals surface area contributed by atoms with Gasteiger partial charge >= 0.3 is 0 Å². The van der Waals surface area contributed by atoms with E-state index in [0.29, 0.717) is 39.6 Å². The highest BCUT2D eigenvalue weighted by Crippen LogP contribution is 2.03. The Balaban J connectivity index is 1.44. The van der Waals surface area contributed by atoms with E-state index in [-0.39, 0.29) is 6.10 Å². The molecule has 0 amide bonds. The summed E-state index contributed by atoms with van der Waals surface area (Å²) in [5.41, 5.74) is 1.17. The first-order chi connectivity index (χ1) is 11.2. The fraction of sp³-hybridized carbons (Fsp3) is 0.500. The predicted octanol–water partition coefficient (Wildman–Crippen LogP) is 2.68. The molecule has 0 aliphatic heterocycles. The summed E-state index contributed by atoms with van der Waals surface area (Å²) < 4.78 is 17.5. The maximum absolute atomic E-state index is 5.73. The van der Waals surface area contributed by atoms with E-state index in [1.54, 1.807) is 11.0 Å². The molecule has 126 valence electrons. The SMILES string of the molecule is C[C@@H](COCCOCCn1ncc(Br)n1)OCc1ccccc1. The van der Waals surface area contributed by atoms with Crippen LogP contribution in [0, 0.1) is 0 Å². The van der Waals surface area contributed by atoms with Crippen LogP contribution in [0.15, 0.2) is 41.1 Å². The molecule has 0 fully saturated rings. The van der Waals surface area contributed by atoms with Crippen molar-refractivity contribution in [2.45, 2.75) is 26.2 Å². The molecule has 0 N–H and O–H groups in total. The third kappa shape index (κ3) is 7.69. The molecule has 7 heteroatoms. The summed E-state index contributed by atoms with van der Waals surface area (Å²) in [6.45, 7) is 5.46. The Bertz CT molecular complexity index is 551. The van der Waals surface area contributed by atoms with Crippen LogP contribution < -0.4 is 0 Å². The summed E-state index contributed by atoms with van der Waals surface area (Å²) in [5.74, 6) is 0. The van der Waals surface area contributed by atoms with Gasteiger partial charge in [0.1, 0.15) is 4.60 Å². The standard InChI is InChI=1S/C16H22BrN3O3/c1-14(23-13-15-5-3-2-4-6-15)12-22-10-9-21-8-7-20-18-11-16(17)19-20/h2-6,11,14H,7-10,12-13H2,1H3/t14-/m0/s1. The quantitative estimate of drug-likeness (QED) is 0.558. The van der Waals surface area contributed by atoms with E-state index in [9.17, 15) is 0 Å². The van der Waals surface area contributed by atoms with Gasteiger partial charge in [-0.2, -0.15) is 9.90 Å². The molecule has 0 saturated heterocycles. The van der Waals surface area contributed by atoms with E-state index in [2.05, 4.69) is 38.3 Å². The molecule has 2 aromatic rings. The fourth-order valence-electron chi connectivity index (χ4n) is 1.86. The number of rotatable bonds is 11. The highest BCUT2D eigenvalue weighted by atomic mass is 79.9. The zero-order valence-corrected chi connectivity index (χ0v) is 14.8. The average molecular weight is 384 g/mol. The minimum Gasteiger partial charge on any atom is -0.377 e. The Hall–Kier alpha value is -1.28. The first kappa shape index (κ1) is 18.1. The lowest BCUT2D eigenvalue weighted by Crippen LogP contribution is -2.18.